The van der Waals surface area contributed by atoms with E-state index in [1.807, 2.05) is 6.92 Å². The molecule has 0 amide bonds. The van der Waals surface area contributed by atoms with E-state index in [1.54, 1.807) is 6.92 Å². The summed E-state index contributed by atoms with van der Waals surface area (Å²) >= 11 is 0. The minimum absolute atomic E-state index is 0. The topological polar surface area (TPSA) is 40.1 Å². The molecule has 0 aromatic carbocycles. The summed E-state index contributed by atoms with van der Waals surface area (Å²) in [5, 5.41) is 10.1. The van der Waals surface area contributed by atoms with Crippen molar-refractivity contribution < 1.29 is 61.3 Å². The number of rotatable bonds is 4. The molecule has 1 unspecified atom stereocenters. The molecule has 0 aliphatic rings. The first-order valence-electron chi connectivity index (χ1n) is 3.39. The first kappa shape index (κ1) is 13.7. The summed E-state index contributed by atoms with van der Waals surface area (Å²) in [7, 11) is 0. The third-order valence-corrected chi connectivity index (χ3v) is 1.39. The largest absolute Gasteiger partial charge is 1.00 e. The van der Waals surface area contributed by atoms with Crippen LogP contribution in [0, 0.1) is 5.92 Å². The average Bonchev–Trinajstić information content (AvgIpc) is 1.82. The number of carboxylic acids is 1. The Morgan fingerprint density at radius 1 is 1.60 bits per heavy atom. The maximum absolute atomic E-state index is 10.1. The normalized spacial score (nSPS) is 11.8. The molecule has 0 rings (SSSR count). The van der Waals surface area contributed by atoms with Gasteiger partial charge in [0.15, 0.2) is 0 Å². The molecule has 0 aliphatic heterocycles. The molecule has 2 nitrogen and oxygen atoms in total. The van der Waals surface area contributed by atoms with E-state index in [4.69, 9.17) is 0 Å². The van der Waals surface area contributed by atoms with Crippen molar-refractivity contribution in [3.63, 3.8) is 0 Å². The van der Waals surface area contributed by atoms with Crippen LogP contribution in [0.2, 0.25) is 0 Å². The van der Waals surface area contributed by atoms with Gasteiger partial charge in [0.05, 0.1) is 0 Å². The molecule has 0 fully saturated rings. The molecule has 54 valence electrons. The van der Waals surface area contributed by atoms with Crippen LogP contribution in [0.15, 0.2) is 0 Å². The minimum atomic E-state index is -0.927. The molecular formula is C7H13KO2. The molecular weight excluding hydrogens is 155 g/mol. The second kappa shape index (κ2) is 8.21. The van der Waals surface area contributed by atoms with Crippen LogP contribution in [-0.2, 0) is 4.79 Å². The van der Waals surface area contributed by atoms with Crippen molar-refractivity contribution in [1.29, 1.82) is 0 Å². The molecule has 0 radical (unpaired) electrons. The molecule has 0 aromatic heterocycles. The van der Waals surface area contributed by atoms with Crippen LogP contribution in [0.1, 0.15) is 33.1 Å². The Morgan fingerprint density at radius 2 is 2.10 bits per heavy atom. The van der Waals surface area contributed by atoms with Gasteiger partial charge in [0, 0.05) is 5.97 Å². The molecule has 0 heterocycles. The summed E-state index contributed by atoms with van der Waals surface area (Å²) < 4.78 is 0. The SMILES string of the molecule is CCCCC(C)C(=O)[O-].[K+]. The molecule has 0 saturated carbocycles. The average molecular weight is 168 g/mol. The summed E-state index contributed by atoms with van der Waals surface area (Å²) in [4.78, 5) is 10.1. The Hall–Kier alpha value is 1.11. The predicted octanol–water partition coefficient (Wildman–Crippen LogP) is -2.43. The smallest absolute Gasteiger partial charge is 0.550 e. The van der Waals surface area contributed by atoms with Gasteiger partial charge in [0.25, 0.3) is 0 Å². The maximum Gasteiger partial charge on any atom is 1.00 e. The van der Waals surface area contributed by atoms with Crippen molar-refractivity contribution >= 4 is 5.97 Å². The van der Waals surface area contributed by atoms with E-state index in [0.717, 1.165) is 19.3 Å². The van der Waals surface area contributed by atoms with Crippen molar-refractivity contribution in [2.45, 2.75) is 33.1 Å². The summed E-state index contributed by atoms with van der Waals surface area (Å²) in [5.41, 5.74) is 0. The van der Waals surface area contributed by atoms with E-state index in [9.17, 15) is 9.90 Å². The Kier molecular flexibility index (Phi) is 11.2. The molecule has 1 atom stereocenters. The number of aliphatic carboxylic acids is 1. The van der Waals surface area contributed by atoms with E-state index in [0.29, 0.717) is 0 Å². The standard InChI is InChI=1S/C7H14O2.K/c1-3-4-5-6(2)7(8)9;/h6H,3-5H2,1-2H3,(H,8,9);/q;+1/p-1. The molecule has 3 heteroatoms. The number of unbranched alkanes of at least 4 members (excludes halogenated alkanes) is 1. The van der Waals surface area contributed by atoms with Crippen molar-refractivity contribution in [3.05, 3.63) is 0 Å². The summed E-state index contributed by atoms with van der Waals surface area (Å²) in [5.74, 6) is -1.20. The van der Waals surface area contributed by atoms with Gasteiger partial charge in [-0.15, -0.1) is 0 Å². The summed E-state index contributed by atoms with van der Waals surface area (Å²) in [6.45, 7) is 3.73. The monoisotopic (exact) mass is 168 g/mol. The predicted molar refractivity (Wildman–Crippen MR) is 33.7 cm³/mol. The van der Waals surface area contributed by atoms with Crippen molar-refractivity contribution in [3.8, 4) is 0 Å². The van der Waals surface area contributed by atoms with Gasteiger partial charge >= 0.3 is 51.4 Å². The fourth-order valence-electron chi connectivity index (χ4n) is 0.628. The summed E-state index contributed by atoms with van der Waals surface area (Å²) in [6.07, 6.45) is 2.78. The molecule has 0 N–H and O–H groups in total. The van der Waals surface area contributed by atoms with Crippen LogP contribution in [0.5, 0.6) is 0 Å². The Morgan fingerprint density at radius 3 is 2.40 bits per heavy atom. The van der Waals surface area contributed by atoms with E-state index in [-0.39, 0.29) is 57.3 Å². The first-order chi connectivity index (χ1) is 4.18. The zero-order valence-corrected chi connectivity index (χ0v) is 10.1. The molecule has 10 heavy (non-hydrogen) atoms. The summed E-state index contributed by atoms with van der Waals surface area (Å²) in [6, 6.07) is 0. The van der Waals surface area contributed by atoms with Crippen LogP contribution >= 0.6 is 0 Å². The Balaban J connectivity index is 0. The van der Waals surface area contributed by atoms with Gasteiger partial charge in [0.2, 0.25) is 0 Å². The van der Waals surface area contributed by atoms with Gasteiger partial charge in [-0.1, -0.05) is 26.7 Å². The molecule has 0 aromatic rings. The fourth-order valence-corrected chi connectivity index (χ4v) is 0.628. The van der Waals surface area contributed by atoms with Crippen LogP contribution < -0.4 is 56.5 Å². The van der Waals surface area contributed by atoms with Gasteiger partial charge in [-0.2, -0.15) is 0 Å². The third kappa shape index (κ3) is 7.22. The number of hydrogen-bond acceptors (Lipinski definition) is 2. The fraction of sp³-hybridized carbons (Fsp3) is 0.857. The van der Waals surface area contributed by atoms with Crippen molar-refractivity contribution in [1.82, 2.24) is 0 Å². The van der Waals surface area contributed by atoms with Gasteiger partial charge < -0.3 is 9.90 Å². The number of carboxylic acid groups (broad SMARTS) is 1. The van der Waals surface area contributed by atoms with Crippen LogP contribution in [0.3, 0.4) is 0 Å². The molecule has 0 spiro atoms. The maximum atomic E-state index is 10.1. The molecule has 0 saturated heterocycles. The first-order valence-corrected chi connectivity index (χ1v) is 3.39. The van der Waals surface area contributed by atoms with Gasteiger partial charge in [-0.3, -0.25) is 0 Å². The number of carbonyl (C=O) groups excluding carboxylic acids is 1. The number of hydrogen-bond donors (Lipinski definition) is 0. The quantitative estimate of drug-likeness (QED) is 0.438. The zero-order valence-electron chi connectivity index (χ0n) is 7.02. The molecule has 0 bridgehead atoms. The zero-order chi connectivity index (χ0) is 7.28. The van der Waals surface area contributed by atoms with E-state index < -0.39 is 5.97 Å². The molecule has 0 aliphatic carbocycles. The second-order valence-corrected chi connectivity index (χ2v) is 2.36. The Labute approximate surface area is 105 Å². The van der Waals surface area contributed by atoms with Crippen LogP contribution in [0.25, 0.3) is 0 Å². The minimum Gasteiger partial charge on any atom is -0.550 e. The van der Waals surface area contributed by atoms with E-state index in [2.05, 4.69) is 0 Å². The van der Waals surface area contributed by atoms with Gasteiger partial charge in [-0.25, -0.2) is 0 Å². The van der Waals surface area contributed by atoms with Crippen molar-refractivity contribution in [2.75, 3.05) is 0 Å². The second-order valence-electron chi connectivity index (χ2n) is 2.36. The Bertz CT molecular complexity index is 93.6. The van der Waals surface area contributed by atoms with Crippen LogP contribution in [-0.4, -0.2) is 5.97 Å². The van der Waals surface area contributed by atoms with Gasteiger partial charge in [0.1, 0.15) is 0 Å². The van der Waals surface area contributed by atoms with Crippen LogP contribution in [0.4, 0.5) is 0 Å². The van der Waals surface area contributed by atoms with Gasteiger partial charge in [-0.05, 0) is 12.3 Å². The van der Waals surface area contributed by atoms with Crippen molar-refractivity contribution in [2.24, 2.45) is 5.92 Å². The third-order valence-electron chi connectivity index (χ3n) is 1.39. The number of carbonyl (C=O) groups is 1. The van der Waals surface area contributed by atoms with E-state index >= 15 is 0 Å². The van der Waals surface area contributed by atoms with E-state index in [1.165, 1.54) is 0 Å².